The van der Waals surface area contributed by atoms with E-state index in [9.17, 15) is 9.59 Å². The van der Waals surface area contributed by atoms with Crippen molar-refractivity contribution in [2.45, 2.75) is 25.7 Å². The van der Waals surface area contributed by atoms with Crippen molar-refractivity contribution >= 4 is 28.6 Å². The second-order valence-corrected chi connectivity index (χ2v) is 7.67. The molecule has 0 saturated carbocycles. The smallest absolute Gasteiger partial charge is 0.228 e. The van der Waals surface area contributed by atoms with E-state index in [1.807, 2.05) is 16.4 Å². The predicted molar refractivity (Wildman–Crippen MR) is 102 cm³/mol. The molecule has 4 heterocycles. The third-order valence-electron chi connectivity index (χ3n) is 5.06. The third kappa shape index (κ3) is 3.53. The number of hydrogen-bond acceptors (Lipinski definition) is 6. The topological polar surface area (TPSA) is 65.9 Å². The van der Waals surface area contributed by atoms with Crippen LogP contribution in [0.4, 0.5) is 0 Å². The maximum atomic E-state index is 12.8. The number of Topliss-reactive ketones (excluding diaryl/α,β-unsaturated/α-hetero) is 1. The number of thioether (sulfide) groups is 1. The normalized spacial score (nSPS) is 22.5. The van der Waals surface area contributed by atoms with E-state index in [0.29, 0.717) is 18.7 Å². The number of aromatic nitrogens is 1. The molecule has 0 aliphatic carbocycles. The highest BCUT2D eigenvalue weighted by Gasteiger charge is 2.32. The summed E-state index contributed by atoms with van der Waals surface area (Å²) in [6.45, 7) is 3.03. The molecule has 1 saturated heterocycles. The molecule has 1 amide bonds. The number of amidine groups is 1. The molecule has 0 radical (unpaired) electrons. The molecule has 1 aromatic rings. The van der Waals surface area contributed by atoms with Gasteiger partial charge < -0.3 is 9.80 Å². The Balaban J connectivity index is 1.38. The molecule has 1 atom stereocenters. The van der Waals surface area contributed by atoms with Gasteiger partial charge in [0.2, 0.25) is 5.91 Å². The van der Waals surface area contributed by atoms with Crippen LogP contribution in [0.2, 0.25) is 0 Å². The number of carbonyl (C=O) groups excluding carboxylic acids is 2. The average molecular weight is 370 g/mol. The Bertz CT molecular complexity index is 762. The van der Waals surface area contributed by atoms with E-state index in [4.69, 9.17) is 0 Å². The zero-order valence-electron chi connectivity index (χ0n) is 14.6. The largest absolute Gasteiger partial charge is 0.342 e. The van der Waals surface area contributed by atoms with Crippen LogP contribution in [0, 0.1) is 5.92 Å². The zero-order valence-corrected chi connectivity index (χ0v) is 15.5. The van der Waals surface area contributed by atoms with Gasteiger partial charge in [0, 0.05) is 44.0 Å². The van der Waals surface area contributed by atoms with Crippen molar-refractivity contribution in [2.24, 2.45) is 10.9 Å². The number of hydrogen-bond donors (Lipinski definition) is 0. The van der Waals surface area contributed by atoms with E-state index in [0.717, 1.165) is 49.8 Å². The summed E-state index contributed by atoms with van der Waals surface area (Å²) in [4.78, 5) is 38.2. The quantitative estimate of drug-likeness (QED) is 0.762. The Labute approximate surface area is 157 Å². The molecule has 3 aliphatic heterocycles. The second kappa shape index (κ2) is 7.61. The van der Waals surface area contributed by atoms with Gasteiger partial charge in [0.05, 0.1) is 6.42 Å². The van der Waals surface area contributed by atoms with Crippen LogP contribution in [0.25, 0.3) is 0 Å². The Morgan fingerprint density at radius 2 is 2.15 bits per heavy atom. The molecule has 6 nitrogen and oxygen atoms in total. The fourth-order valence-corrected chi connectivity index (χ4v) is 4.63. The number of pyridine rings is 1. The molecule has 1 aromatic heterocycles. The van der Waals surface area contributed by atoms with Crippen LogP contribution < -0.4 is 0 Å². The first kappa shape index (κ1) is 17.3. The number of amides is 1. The summed E-state index contributed by atoms with van der Waals surface area (Å²) in [6, 6.07) is 5.38. The molecule has 7 heteroatoms. The van der Waals surface area contributed by atoms with E-state index in [1.54, 1.807) is 30.1 Å². The second-order valence-electron chi connectivity index (χ2n) is 6.83. The van der Waals surface area contributed by atoms with Crippen molar-refractivity contribution in [2.75, 3.05) is 26.2 Å². The van der Waals surface area contributed by atoms with Crippen molar-refractivity contribution < 1.29 is 9.59 Å². The molecule has 136 valence electrons. The van der Waals surface area contributed by atoms with Crippen LogP contribution in [0.3, 0.4) is 0 Å². The number of fused-ring (bicyclic) bond motifs is 1. The van der Waals surface area contributed by atoms with Crippen LogP contribution in [0.15, 0.2) is 40.5 Å². The molecule has 26 heavy (non-hydrogen) atoms. The lowest BCUT2D eigenvalue weighted by atomic mass is 9.91. The average Bonchev–Trinajstić information content (AvgIpc) is 3.11. The monoisotopic (exact) mass is 370 g/mol. The molecule has 0 spiro atoms. The summed E-state index contributed by atoms with van der Waals surface area (Å²) in [6.07, 6.45) is 4.73. The van der Waals surface area contributed by atoms with E-state index in [1.165, 1.54) is 0 Å². The lowest BCUT2D eigenvalue weighted by molar-refractivity contribution is -0.132. The van der Waals surface area contributed by atoms with Gasteiger partial charge in [-0.25, -0.2) is 0 Å². The number of nitrogens with zero attached hydrogens (tertiary/aromatic N) is 4. The summed E-state index contributed by atoms with van der Waals surface area (Å²) in [5.41, 5.74) is 1.53. The van der Waals surface area contributed by atoms with Crippen molar-refractivity contribution in [3.8, 4) is 0 Å². The van der Waals surface area contributed by atoms with Gasteiger partial charge in [0.1, 0.15) is 5.69 Å². The highest BCUT2D eigenvalue weighted by molar-refractivity contribution is 8.16. The Hall–Kier alpha value is -2.15. The van der Waals surface area contributed by atoms with E-state index in [2.05, 4.69) is 14.9 Å². The van der Waals surface area contributed by atoms with Gasteiger partial charge >= 0.3 is 0 Å². The molecule has 0 unspecified atom stereocenters. The minimum absolute atomic E-state index is 0.0455. The van der Waals surface area contributed by atoms with Crippen molar-refractivity contribution in [1.82, 2.24) is 14.8 Å². The number of ketones is 1. The van der Waals surface area contributed by atoms with Crippen LogP contribution in [-0.4, -0.2) is 57.8 Å². The van der Waals surface area contributed by atoms with Gasteiger partial charge in [-0.3, -0.25) is 19.6 Å². The molecule has 0 aromatic carbocycles. The Morgan fingerprint density at radius 1 is 1.23 bits per heavy atom. The fraction of sp³-hybridized carbons (Fsp3) is 0.474. The third-order valence-corrected chi connectivity index (χ3v) is 6.01. The van der Waals surface area contributed by atoms with E-state index >= 15 is 0 Å². The molecule has 1 fully saturated rings. The highest BCUT2D eigenvalue weighted by atomic mass is 32.2. The first-order chi connectivity index (χ1) is 12.7. The molecule has 4 rings (SSSR count). The number of carbonyl (C=O) groups is 2. The number of rotatable bonds is 4. The van der Waals surface area contributed by atoms with Gasteiger partial charge in [-0.15, -0.1) is 0 Å². The van der Waals surface area contributed by atoms with Gasteiger partial charge in [0.25, 0.3) is 0 Å². The van der Waals surface area contributed by atoms with Gasteiger partial charge in [-0.05, 0) is 36.8 Å². The maximum absolute atomic E-state index is 12.8. The molecular weight excluding hydrogens is 348 g/mol. The number of piperidine rings is 1. The summed E-state index contributed by atoms with van der Waals surface area (Å²) >= 11 is 1.61. The standard InChI is InChI=1S/C19H22N4O2S/c24-17(11-15-13-26-19-21-8-4-10-23(15)19)22-9-3-5-14(12-22)18(25)16-6-1-2-7-20-16/h1-2,6-7,13-14H,3-5,8-12H2/t14-/m0/s1. The first-order valence-electron chi connectivity index (χ1n) is 9.13. The van der Waals surface area contributed by atoms with Crippen LogP contribution in [-0.2, 0) is 4.79 Å². The van der Waals surface area contributed by atoms with Crippen molar-refractivity contribution in [3.63, 3.8) is 0 Å². The lowest BCUT2D eigenvalue weighted by Crippen LogP contribution is -2.43. The van der Waals surface area contributed by atoms with Gasteiger partial charge in [0.15, 0.2) is 11.0 Å². The highest BCUT2D eigenvalue weighted by Crippen LogP contribution is 2.31. The minimum atomic E-state index is -0.151. The summed E-state index contributed by atoms with van der Waals surface area (Å²) in [7, 11) is 0. The van der Waals surface area contributed by atoms with Crippen LogP contribution in [0.1, 0.15) is 36.2 Å². The molecule has 0 bridgehead atoms. The van der Waals surface area contributed by atoms with Crippen molar-refractivity contribution in [3.05, 3.63) is 41.2 Å². The Kier molecular flexibility index (Phi) is 5.06. The van der Waals surface area contributed by atoms with E-state index in [-0.39, 0.29) is 17.6 Å². The summed E-state index contributed by atoms with van der Waals surface area (Å²) in [5.74, 6) is -0.00646. The van der Waals surface area contributed by atoms with Crippen molar-refractivity contribution in [1.29, 1.82) is 0 Å². The predicted octanol–water partition coefficient (Wildman–Crippen LogP) is 2.54. The van der Waals surface area contributed by atoms with E-state index < -0.39 is 0 Å². The van der Waals surface area contributed by atoms with Crippen LogP contribution in [0.5, 0.6) is 0 Å². The van der Waals surface area contributed by atoms with Gasteiger partial charge in [-0.1, -0.05) is 17.8 Å². The SMILES string of the molecule is O=C(c1ccccn1)[C@H]1CCCN(C(=O)CC2=CSC3=NCCCN23)C1. The maximum Gasteiger partial charge on any atom is 0.228 e. The first-order valence-corrected chi connectivity index (χ1v) is 10.0. The lowest BCUT2D eigenvalue weighted by Gasteiger charge is -2.33. The molecule has 0 N–H and O–H groups in total. The number of likely N-dealkylation sites (tertiary alicyclic amines) is 1. The van der Waals surface area contributed by atoms with Crippen LogP contribution >= 0.6 is 11.8 Å². The summed E-state index contributed by atoms with van der Waals surface area (Å²) < 4.78 is 0. The van der Waals surface area contributed by atoms with Gasteiger partial charge in [-0.2, -0.15) is 0 Å². The molecule has 3 aliphatic rings. The molecular formula is C19H22N4O2S. The fourth-order valence-electron chi connectivity index (χ4n) is 3.68. The number of aliphatic imine (C=N–C) groups is 1. The summed E-state index contributed by atoms with van der Waals surface area (Å²) in [5, 5.41) is 3.06. The minimum Gasteiger partial charge on any atom is -0.342 e. The Morgan fingerprint density at radius 3 is 3.00 bits per heavy atom. The zero-order chi connectivity index (χ0) is 17.9.